The van der Waals surface area contributed by atoms with Gasteiger partial charge < -0.3 is 15.2 Å². The molecule has 1 aliphatic carbocycles. The highest BCUT2D eigenvalue weighted by Gasteiger charge is 2.37. The lowest BCUT2D eigenvalue weighted by Gasteiger charge is -2.37. The molecule has 13 nitrogen and oxygen atoms in total. The second-order valence-electron chi connectivity index (χ2n) is 11.1. The van der Waals surface area contributed by atoms with Gasteiger partial charge in [0.25, 0.3) is 10.0 Å². The van der Waals surface area contributed by atoms with Gasteiger partial charge in [-0.2, -0.15) is 0 Å². The smallest absolute Gasteiger partial charge is 0.405 e. The third-order valence-electron chi connectivity index (χ3n) is 8.29. The molecule has 6 rings (SSSR count). The van der Waals surface area contributed by atoms with E-state index in [1.807, 2.05) is 6.92 Å². The van der Waals surface area contributed by atoms with Crippen molar-refractivity contribution >= 4 is 54.1 Å². The van der Waals surface area contributed by atoms with Crippen LogP contribution in [-0.4, -0.2) is 60.1 Å². The number of halogens is 1. The Morgan fingerprint density at radius 1 is 1.19 bits per heavy atom. The van der Waals surface area contributed by atoms with E-state index in [4.69, 9.17) is 4.74 Å². The Morgan fingerprint density at radius 3 is 2.49 bits per heavy atom. The molecule has 0 aliphatic heterocycles. The molecule has 1 saturated carbocycles. The molecule has 4 heterocycles. The van der Waals surface area contributed by atoms with Crippen LogP contribution in [-0.2, 0) is 24.1 Å². The van der Waals surface area contributed by atoms with Crippen LogP contribution in [0.5, 0.6) is 5.88 Å². The van der Waals surface area contributed by atoms with Gasteiger partial charge in [0, 0.05) is 31.9 Å². The number of rotatable bonds is 6. The quantitative estimate of drug-likeness (QED) is 0.272. The molecule has 1 aromatic carbocycles. The predicted molar refractivity (Wildman–Crippen MR) is 163 cm³/mol. The molecular weight excluding hydrogens is 642 g/mol. The molecular formula is C28H30BrN7O6S. The van der Waals surface area contributed by atoms with Crippen molar-refractivity contribution in [2.45, 2.75) is 49.1 Å². The van der Waals surface area contributed by atoms with E-state index in [1.165, 1.54) is 38.7 Å². The van der Waals surface area contributed by atoms with Gasteiger partial charge >= 0.3 is 11.8 Å². The lowest BCUT2D eigenvalue weighted by Crippen LogP contribution is -2.48. The van der Waals surface area contributed by atoms with E-state index in [-0.39, 0.29) is 33.8 Å². The fourth-order valence-corrected chi connectivity index (χ4v) is 8.54. The average Bonchev–Trinajstić information content (AvgIpc) is 3.58. The molecule has 0 spiro atoms. The number of carboxylic acid groups (broad SMARTS) is 1. The summed E-state index contributed by atoms with van der Waals surface area (Å²) in [6.45, 7) is 1.87. The van der Waals surface area contributed by atoms with Crippen LogP contribution in [0, 0.1) is 0 Å². The Bertz CT molecular complexity index is 2070. The zero-order valence-corrected chi connectivity index (χ0v) is 26.3. The summed E-state index contributed by atoms with van der Waals surface area (Å²) in [5, 5.41) is 16.7. The summed E-state index contributed by atoms with van der Waals surface area (Å²) < 4.78 is 40.5. The topological polar surface area (TPSA) is 155 Å². The van der Waals surface area contributed by atoms with Gasteiger partial charge in [-0.3, -0.25) is 13.8 Å². The summed E-state index contributed by atoms with van der Waals surface area (Å²) >= 11 is 3.72. The molecule has 4 aromatic heterocycles. The number of hydrogen-bond acceptors (Lipinski definition) is 7. The van der Waals surface area contributed by atoms with Gasteiger partial charge in [0.05, 0.1) is 50.4 Å². The average molecular weight is 673 g/mol. The largest absolute Gasteiger partial charge is 0.479 e. The second-order valence-corrected chi connectivity index (χ2v) is 13.7. The van der Waals surface area contributed by atoms with Crippen LogP contribution in [0.2, 0.25) is 0 Å². The van der Waals surface area contributed by atoms with E-state index in [9.17, 15) is 23.1 Å². The van der Waals surface area contributed by atoms with Crippen molar-refractivity contribution < 1.29 is 23.1 Å². The maximum absolute atomic E-state index is 14.3. The van der Waals surface area contributed by atoms with Crippen molar-refractivity contribution in [1.29, 1.82) is 0 Å². The molecule has 43 heavy (non-hydrogen) atoms. The molecule has 1 aliphatic rings. The summed E-state index contributed by atoms with van der Waals surface area (Å²) in [6.07, 6.45) is 4.25. The van der Waals surface area contributed by atoms with Crippen molar-refractivity contribution in [1.82, 2.24) is 33.2 Å². The van der Waals surface area contributed by atoms with Crippen molar-refractivity contribution in [3.05, 3.63) is 57.7 Å². The Hall–Kier alpha value is -4.11. The number of pyridine rings is 1. The normalized spacial score (nSPS) is 19.2. The summed E-state index contributed by atoms with van der Waals surface area (Å²) in [4.78, 5) is 29.8. The van der Waals surface area contributed by atoms with E-state index < -0.39 is 21.7 Å². The number of aromatic nitrogens is 6. The first-order valence-corrected chi connectivity index (χ1v) is 15.8. The summed E-state index contributed by atoms with van der Waals surface area (Å²) in [6, 6.07) is 7.81. The lowest BCUT2D eigenvalue weighted by molar-refractivity contribution is 0.158. The molecule has 0 bridgehead atoms. The maximum atomic E-state index is 14.3. The second kappa shape index (κ2) is 10.3. The molecule has 0 radical (unpaired) electrons. The first kappa shape index (κ1) is 29.0. The fourth-order valence-electron chi connectivity index (χ4n) is 6.16. The number of methoxy groups -OCH3 is 1. The zero-order valence-electron chi connectivity index (χ0n) is 23.9. The number of nitrogens with zero attached hydrogens (tertiary/aromatic N) is 6. The molecule has 0 atom stereocenters. The van der Waals surface area contributed by atoms with Crippen LogP contribution in [0.1, 0.15) is 38.6 Å². The van der Waals surface area contributed by atoms with Gasteiger partial charge in [-0.25, -0.2) is 27.0 Å². The highest BCUT2D eigenvalue weighted by Crippen LogP contribution is 2.45. The van der Waals surface area contributed by atoms with E-state index in [0.717, 1.165) is 0 Å². The Kier molecular flexibility index (Phi) is 6.92. The van der Waals surface area contributed by atoms with Gasteiger partial charge in [0.2, 0.25) is 5.88 Å². The minimum atomic E-state index is -4.20. The summed E-state index contributed by atoms with van der Waals surface area (Å²) in [5.41, 5.74) is 1.01. The molecule has 1 fully saturated rings. The van der Waals surface area contributed by atoms with E-state index in [1.54, 1.807) is 43.1 Å². The third-order valence-corrected chi connectivity index (χ3v) is 10.8. The number of imidazole rings is 1. The fraction of sp³-hybridized carbons (Fsp3) is 0.357. The number of carbonyl (C=O) groups is 1. The molecule has 226 valence electrons. The number of ether oxygens (including phenoxy) is 1. The molecule has 0 unspecified atom stereocenters. The highest BCUT2D eigenvalue weighted by molar-refractivity contribution is 9.10. The van der Waals surface area contributed by atoms with E-state index in [0.29, 0.717) is 52.1 Å². The van der Waals surface area contributed by atoms with Crippen LogP contribution in [0.3, 0.4) is 0 Å². The number of hydrogen-bond donors (Lipinski definition) is 2. The van der Waals surface area contributed by atoms with Gasteiger partial charge in [-0.1, -0.05) is 18.2 Å². The van der Waals surface area contributed by atoms with Gasteiger partial charge in [0.15, 0.2) is 5.65 Å². The molecule has 15 heteroatoms. The highest BCUT2D eigenvalue weighted by atomic mass is 79.9. The number of amides is 1. The molecule has 0 saturated heterocycles. The number of nitrogens with one attached hydrogen (secondary N) is 1. The van der Waals surface area contributed by atoms with Crippen molar-refractivity contribution in [3.8, 4) is 17.1 Å². The van der Waals surface area contributed by atoms with Crippen LogP contribution < -0.4 is 15.7 Å². The Morgan fingerprint density at radius 2 is 1.86 bits per heavy atom. The predicted octanol–water partition coefficient (Wildman–Crippen LogP) is 4.24. The van der Waals surface area contributed by atoms with Crippen LogP contribution >= 0.6 is 15.9 Å². The van der Waals surface area contributed by atoms with Crippen LogP contribution in [0.15, 0.2) is 56.9 Å². The van der Waals surface area contributed by atoms with Gasteiger partial charge in [-0.05, 0) is 60.7 Å². The monoisotopic (exact) mass is 671 g/mol. The van der Waals surface area contributed by atoms with Gasteiger partial charge in [0.1, 0.15) is 0 Å². The first-order valence-electron chi connectivity index (χ1n) is 13.6. The van der Waals surface area contributed by atoms with Crippen molar-refractivity contribution in [2.75, 3.05) is 7.11 Å². The summed E-state index contributed by atoms with van der Waals surface area (Å²) in [7, 11) is 0.621. The molecule has 1 amide bonds. The SMILES string of the molecule is COc1nn(C)cc1-c1c(Br)c2c(ncc3c2n([C@H]2CC[C@@](C)(NC(=O)O)CC2)c(=O)n3C)n1S(=O)(=O)c1ccccc1. The van der Waals surface area contributed by atoms with E-state index in [2.05, 4.69) is 31.3 Å². The first-order chi connectivity index (χ1) is 20.4. The van der Waals surface area contributed by atoms with E-state index >= 15 is 0 Å². The minimum Gasteiger partial charge on any atom is -0.479 e. The van der Waals surface area contributed by atoms with Gasteiger partial charge in [-0.15, -0.1) is 5.10 Å². The molecule has 2 N–H and O–H groups in total. The lowest BCUT2D eigenvalue weighted by atomic mass is 9.80. The third kappa shape index (κ3) is 4.52. The maximum Gasteiger partial charge on any atom is 0.405 e. The number of fused-ring (bicyclic) bond motifs is 3. The van der Waals surface area contributed by atoms with Crippen molar-refractivity contribution in [2.24, 2.45) is 14.1 Å². The van der Waals surface area contributed by atoms with Crippen LogP contribution in [0.4, 0.5) is 4.79 Å². The summed E-state index contributed by atoms with van der Waals surface area (Å²) in [5.74, 6) is 0.217. The number of aryl methyl sites for hydroxylation is 2. The zero-order chi connectivity index (χ0) is 30.8. The van der Waals surface area contributed by atoms with Crippen molar-refractivity contribution in [3.63, 3.8) is 0 Å². The Labute approximate surface area is 254 Å². The Balaban J connectivity index is 1.67. The minimum absolute atomic E-state index is 0.0633. The number of benzene rings is 1. The van der Waals surface area contributed by atoms with Crippen LogP contribution in [0.25, 0.3) is 33.3 Å². The molecule has 5 aromatic rings. The standard InChI is InChI=1S/C28H30BrN7O6S/c1-28(31-26(37)38)12-10-16(11-13-28)35-23-19(34(3)27(35)39)14-30-24-20(23)21(29)22(18-15-33(2)32-25(18)42-4)36(24)43(40,41)17-8-6-5-7-9-17/h5-9,14-16,31H,10-13H2,1-4H3,(H,37,38)/t16-,28+.